The molecule has 0 aliphatic heterocycles. The molecule has 0 aromatic rings. The molecule has 0 aromatic heterocycles. The third kappa shape index (κ3) is 7.79. The van der Waals surface area contributed by atoms with E-state index in [4.69, 9.17) is 0 Å². The number of rotatable bonds is 4. The Kier molecular flexibility index (Phi) is 13.7. The summed E-state index contributed by atoms with van der Waals surface area (Å²) >= 11 is 2.92. The minimum atomic E-state index is 0. The largest absolute Gasteiger partial charge is 1.00 e. The molecule has 0 bridgehead atoms. The van der Waals surface area contributed by atoms with Crippen molar-refractivity contribution in [3.63, 3.8) is 0 Å². The normalized spacial score (nSPS) is 24.0. The molecular weight excluding hydrogens is 425 g/mol. The van der Waals surface area contributed by atoms with Crippen LogP contribution in [0.3, 0.4) is 0 Å². The summed E-state index contributed by atoms with van der Waals surface area (Å²) in [4.78, 5) is 0.933. The van der Waals surface area contributed by atoms with E-state index in [0.717, 1.165) is 4.89 Å². The van der Waals surface area contributed by atoms with Crippen LogP contribution in [0.5, 0.6) is 0 Å². The van der Waals surface area contributed by atoms with E-state index in [1.807, 2.05) is 6.08 Å². The molecule has 0 radical (unpaired) electrons. The van der Waals surface area contributed by atoms with E-state index in [1.54, 1.807) is 77.0 Å². The molecular formula is C21H38ClPPd. The maximum atomic E-state index is 3.44. The van der Waals surface area contributed by atoms with Crippen molar-refractivity contribution in [1.29, 1.82) is 0 Å². The Labute approximate surface area is 170 Å². The van der Waals surface area contributed by atoms with Crippen LogP contribution in [0.2, 0.25) is 4.89 Å². The Morgan fingerprint density at radius 1 is 0.667 bits per heavy atom. The topological polar surface area (TPSA) is 0 Å². The van der Waals surface area contributed by atoms with Crippen molar-refractivity contribution in [2.75, 3.05) is 0 Å². The first-order chi connectivity index (χ1) is 11.4. The van der Waals surface area contributed by atoms with Gasteiger partial charge in [0.05, 0.1) is 0 Å². The first-order valence-electron chi connectivity index (χ1n) is 10.3. The van der Waals surface area contributed by atoms with Gasteiger partial charge in [-0.2, -0.15) is 0 Å². The summed E-state index contributed by atoms with van der Waals surface area (Å²) in [6.07, 6.45) is 25.4. The molecule has 3 heteroatoms. The van der Waals surface area contributed by atoms with Gasteiger partial charge < -0.3 is 12.4 Å². The molecule has 3 fully saturated rings. The zero-order valence-corrected chi connectivity index (χ0v) is 18.7. The van der Waals surface area contributed by atoms with Gasteiger partial charge in [-0.25, -0.2) is 0 Å². The molecule has 0 aromatic carbocycles. The van der Waals surface area contributed by atoms with Gasteiger partial charge in [0.25, 0.3) is 0 Å². The van der Waals surface area contributed by atoms with E-state index in [0.29, 0.717) is 7.92 Å². The van der Waals surface area contributed by atoms with Gasteiger partial charge in [-0.15, -0.1) is 0 Å². The second kappa shape index (κ2) is 14.2. The van der Waals surface area contributed by atoms with E-state index in [9.17, 15) is 0 Å². The summed E-state index contributed by atoms with van der Waals surface area (Å²) in [6.45, 7) is 3.44. The van der Waals surface area contributed by atoms with Crippen LogP contribution >= 0.6 is 7.92 Å². The zero-order chi connectivity index (χ0) is 16.3. The molecule has 3 rings (SSSR count). The summed E-state index contributed by atoms with van der Waals surface area (Å²) in [6, 6.07) is 0. The smallest absolute Gasteiger partial charge is 1.00 e. The van der Waals surface area contributed by atoms with Gasteiger partial charge >= 0.3 is 36.8 Å². The van der Waals surface area contributed by atoms with Crippen LogP contribution in [-0.2, 0) is 19.2 Å². The third-order valence-corrected chi connectivity index (χ3v) is 10.6. The summed E-state index contributed by atoms with van der Waals surface area (Å²) in [5, 5.41) is 0. The van der Waals surface area contributed by atoms with E-state index in [1.165, 1.54) is 36.2 Å². The molecule has 0 spiro atoms. The second-order valence-corrected chi connectivity index (χ2v) is 11.5. The van der Waals surface area contributed by atoms with Crippen LogP contribution in [0.1, 0.15) is 96.3 Å². The first kappa shape index (κ1) is 23.2. The van der Waals surface area contributed by atoms with E-state index in [2.05, 4.69) is 25.8 Å². The molecule has 0 amide bonds. The van der Waals surface area contributed by atoms with Crippen molar-refractivity contribution < 1.29 is 31.6 Å². The van der Waals surface area contributed by atoms with Crippen LogP contribution in [0.25, 0.3) is 0 Å². The summed E-state index contributed by atoms with van der Waals surface area (Å²) in [7, 11) is 0.385. The number of halogens is 1. The molecule has 0 N–H and O–H groups in total. The monoisotopic (exact) mass is 462 g/mol. The van der Waals surface area contributed by atoms with Gasteiger partial charge in [0.1, 0.15) is 0 Å². The van der Waals surface area contributed by atoms with Crippen molar-refractivity contribution in [2.24, 2.45) is 0 Å². The Morgan fingerprint density at radius 3 is 1.12 bits per heavy atom. The quantitative estimate of drug-likeness (QED) is 0.325. The van der Waals surface area contributed by atoms with E-state index < -0.39 is 0 Å². The third-order valence-electron chi connectivity index (χ3n) is 6.08. The summed E-state index contributed by atoms with van der Waals surface area (Å²) < 4.78 is 0. The van der Waals surface area contributed by atoms with Gasteiger partial charge in [0, 0.05) is 0 Å². The van der Waals surface area contributed by atoms with Crippen LogP contribution in [-0.4, -0.2) is 17.0 Å². The molecule has 0 nitrogen and oxygen atoms in total. The Bertz CT molecular complexity index is 262. The Morgan fingerprint density at radius 2 is 0.917 bits per heavy atom. The predicted molar refractivity (Wildman–Crippen MR) is 103 cm³/mol. The summed E-state index contributed by atoms with van der Waals surface area (Å²) in [5.41, 5.74) is 3.57. The fraction of sp³-hybridized carbons (Fsp3) is 0.905. The first-order valence-corrected chi connectivity index (χ1v) is 12.9. The fourth-order valence-electron chi connectivity index (χ4n) is 5.03. The molecule has 3 aliphatic carbocycles. The van der Waals surface area contributed by atoms with Crippen molar-refractivity contribution in [3.8, 4) is 0 Å². The molecule has 3 aliphatic rings. The van der Waals surface area contributed by atoms with Gasteiger partial charge in [-0.3, -0.25) is 0 Å². The number of hydrogen-bond donors (Lipinski definition) is 0. The van der Waals surface area contributed by atoms with Gasteiger partial charge in [-0.05, 0) is 55.5 Å². The molecule has 24 heavy (non-hydrogen) atoms. The van der Waals surface area contributed by atoms with Crippen LogP contribution in [0.15, 0.2) is 12.7 Å². The van der Waals surface area contributed by atoms with Crippen LogP contribution < -0.4 is 12.4 Å². The Hall–Kier alpha value is 1.12. The van der Waals surface area contributed by atoms with E-state index >= 15 is 0 Å². The van der Waals surface area contributed by atoms with Crippen LogP contribution in [0, 0.1) is 0 Å². The molecule has 144 valence electrons. The van der Waals surface area contributed by atoms with Crippen molar-refractivity contribution in [2.45, 2.75) is 118 Å². The average molecular weight is 463 g/mol. The zero-order valence-electron chi connectivity index (χ0n) is 15.5. The Balaban J connectivity index is 0.000000522. The molecule has 0 atom stereocenters. The average Bonchev–Trinajstić information content (AvgIpc) is 2.65. The van der Waals surface area contributed by atoms with Crippen molar-refractivity contribution >= 4 is 7.92 Å². The minimum absolute atomic E-state index is 0. The maximum Gasteiger partial charge on any atom is -1.00 e. The summed E-state index contributed by atoms with van der Waals surface area (Å²) in [5.74, 6) is 0. The second-order valence-electron chi connectivity index (χ2n) is 7.74. The van der Waals surface area contributed by atoms with E-state index in [-0.39, 0.29) is 12.4 Å². The maximum absolute atomic E-state index is 3.44. The molecule has 0 saturated heterocycles. The minimum Gasteiger partial charge on any atom is -1.00 e. The SMILES string of the molecule is C1CCC(P(C2CCCCC2)C2CCCCC2)CC1.C=C[CH2][Pd+].[Cl-]. The van der Waals surface area contributed by atoms with Crippen LogP contribution in [0.4, 0.5) is 0 Å². The molecule has 0 heterocycles. The van der Waals surface area contributed by atoms with Gasteiger partial charge in [0.15, 0.2) is 0 Å². The number of hydrogen-bond acceptors (Lipinski definition) is 0. The predicted octanol–water partition coefficient (Wildman–Crippen LogP) is 4.61. The molecule has 0 unspecified atom stereocenters. The fourth-order valence-corrected chi connectivity index (χ4v) is 9.71. The van der Waals surface area contributed by atoms with Gasteiger partial charge in [-0.1, -0.05) is 65.7 Å². The molecule has 3 saturated carbocycles. The van der Waals surface area contributed by atoms with Crippen molar-refractivity contribution in [3.05, 3.63) is 12.7 Å². The van der Waals surface area contributed by atoms with Gasteiger partial charge in [0.2, 0.25) is 0 Å². The van der Waals surface area contributed by atoms with Crippen molar-refractivity contribution in [1.82, 2.24) is 0 Å². The number of allylic oxidation sites excluding steroid dienone is 1. The standard InChI is InChI=1S/C18H33P.C3H5.ClH.Pd/c1-4-10-16(11-5-1)19(17-12-6-2-7-13-17)18-14-8-3-9-15-18;1-3-2;;/h16-18H,1-15H2;3H,1-2H2;1H;/q;;;+1/p-1.